The van der Waals surface area contributed by atoms with Gasteiger partial charge < -0.3 is 10.2 Å². The second kappa shape index (κ2) is 13.9. The Bertz CT molecular complexity index is 1460. The van der Waals surface area contributed by atoms with Crippen molar-refractivity contribution < 1.29 is 18.0 Å². The molecule has 1 N–H and O–H groups in total. The molecule has 0 heterocycles. The van der Waals surface area contributed by atoms with Crippen LogP contribution in [0.15, 0.2) is 77.7 Å². The van der Waals surface area contributed by atoms with Gasteiger partial charge in [0.15, 0.2) is 0 Å². The van der Waals surface area contributed by atoms with Crippen molar-refractivity contribution in [1.29, 1.82) is 0 Å². The minimum absolute atomic E-state index is 0.00575. The largest absolute Gasteiger partial charge is 0.352 e. The lowest BCUT2D eigenvalue weighted by Gasteiger charge is -2.33. The molecule has 1 aliphatic rings. The Morgan fingerprint density at radius 3 is 2.20 bits per heavy atom. The zero-order valence-electron chi connectivity index (χ0n) is 22.6. The van der Waals surface area contributed by atoms with Gasteiger partial charge in [-0.05, 0) is 67.8 Å². The molecule has 4 rings (SSSR count). The second-order valence-electron chi connectivity index (χ2n) is 10.1. The van der Waals surface area contributed by atoms with Crippen LogP contribution in [0.3, 0.4) is 0 Å². The molecule has 218 valence electrons. The Hall–Kier alpha value is -2.78. The number of carbonyl (C=O) groups excluding carboxylic acids is 2. The van der Waals surface area contributed by atoms with Gasteiger partial charge in [-0.15, -0.1) is 0 Å². The topological polar surface area (TPSA) is 86.8 Å². The lowest BCUT2D eigenvalue weighted by Crippen LogP contribution is -2.53. The summed E-state index contributed by atoms with van der Waals surface area (Å²) in [5.74, 6) is -0.844. The number of halogens is 3. The summed E-state index contributed by atoms with van der Waals surface area (Å²) in [5.41, 5.74) is 0.912. The predicted molar refractivity (Wildman–Crippen MR) is 164 cm³/mol. The number of nitrogens with one attached hydrogen (secondary N) is 1. The molecule has 0 bridgehead atoms. The molecule has 7 nitrogen and oxygen atoms in total. The minimum Gasteiger partial charge on any atom is -0.352 e. The normalized spacial score (nSPS) is 14.7. The second-order valence-corrected chi connectivity index (χ2v) is 13.2. The summed E-state index contributed by atoms with van der Waals surface area (Å²) >= 11 is 18.4. The van der Waals surface area contributed by atoms with E-state index in [1.54, 1.807) is 49.4 Å². The Labute approximate surface area is 256 Å². The number of nitrogens with zero attached hydrogens (tertiary/aromatic N) is 2. The maximum Gasteiger partial charge on any atom is 0.264 e. The first-order valence-electron chi connectivity index (χ1n) is 13.4. The Balaban J connectivity index is 1.68. The third kappa shape index (κ3) is 7.95. The van der Waals surface area contributed by atoms with E-state index in [0.29, 0.717) is 5.02 Å². The fourth-order valence-corrected chi connectivity index (χ4v) is 6.67. The molecule has 0 aromatic heterocycles. The van der Waals surface area contributed by atoms with Gasteiger partial charge in [-0.25, -0.2) is 8.42 Å². The average molecular weight is 637 g/mol. The maximum atomic E-state index is 14.0. The molecule has 41 heavy (non-hydrogen) atoms. The number of hydrogen-bond acceptors (Lipinski definition) is 4. The molecule has 11 heteroatoms. The van der Waals surface area contributed by atoms with E-state index in [4.69, 9.17) is 34.8 Å². The van der Waals surface area contributed by atoms with Gasteiger partial charge in [-0.3, -0.25) is 13.9 Å². The number of rotatable bonds is 10. The molecular weight excluding hydrogens is 605 g/mol. The molecule has 1 saturated carbocycles. The van der Waals surface area contributed by atoms with Crippen molar-refractivity contribution in [2.24, 2.45) is 0 Å². The van der Waals surface area contributed by atoms with Crippen LogP contribution in [0.25, 0.3) is 0 Å². The fourth-order valence-electron chi connectivity index (χ4n) is 4.83. The summed E-state index contributed by atoms with van der Waals surface area (Å²) in [5, 5.41) is 4.01. The summed E-state index contributed by atoms with van der Waals surface area (Å²) in [6.45, 7) is 1.17. The van der Waals surface area contributed by atoms with E-state index in [1.807, 2.05) is 0 Å². The molecular formula is C30H32Cl3N3O4S. The molecule has 0 radical (unpaired) electrons. The molecule has 3 aromatic carbocycles. The van der Waals surface area contributed by atoms with Crippen molar-refractivity contribution >= 4 is 62.3 Å². The van der Waals surface area contributed by atoms with E-state index in [0.717, 1.165) is 42.0 Å². The number of carbonyl (C=O) groups is 2. The highest BCUT2D eigenvalue weighted by molar-refractivity contribution is 7.92. The molecule has 0 aliphatic heterocycles. The predicted octanol–water partition coefficient (Wildman–Crippen LogP) is 6.71. The van der Waals surface area contributed by atoms with Gasteiger partial charge in [0.05, 0.1) is 20.6 Å². The highest BCUT2D eigenvalue weighted by Crippen LogP contribution is 2.31. The molecule has 2 amide bonds. The molecule has 0 unspecified atom stereocenters. The van der Waals surface area contributed by atoms with Gasteiger partial charge in [-0.1, -0.05) is 84.4 Å². The number of anilines is 1. The lowest BCUT2D eigenvalue weighted by atomic mass is 9.95. The standard InChI is InChI=1S/C30H32Cl3N3O4S/c1-21(30(38)34-24-8-4-2-5-9-24)35(19-22-12-14-23(31)15-13-22)29(37)20-36(25-16-17-27(32)28(33)18-25)41(39,40)26-10-6-3-7-11-26/h3,6-7,10-18,21,24H,2,4-5,8-9,19-20H2,1H3,(H,34,38)/t21-/m0/s1. The van der Waals surface area contributed by atoms with Crippen LogP contribution >= 0.6 is 34.8 Å². The SMILES string of the molecule is C[C@@H](C(=O)NC1CCCCC1)N(Cc1ccc(Cl)cc1)C(=O)CN(c1ccc(Cl)c(Cl)c1)S(=O)(=O)c1ccccc1. The van der Waals surface area contributed by atoms with Crippen molar-refractivity contribution in [2.75, 3.05) is 10.8 Å². The van der Waals surface area contributed by atoms with Crippen LogP contribution in [0.2, 0.25) is 15.1 Å². The quantitative estimate of drug-likeness (QED) is 0.268. The summed E-state index contributed by atoms with van der Waals surface area (Å²) in [4.78, 5) is 28.8. The van der Waals surface area contributed by atoms with E-state index < -0.39 is 28.5 Å². The molecule has 1 atom stereocenters. The third-order valence-electron chi connectivity index (χ3n) is 7.19. The van der Waals surface area contributed by atoms with Crippen LogP contribution in [-0.4, -0.2) is 43.8 Å². The summed E-state index contributed by atoms with van der Waals surface area (Å²) in [6, 6.07) is 18.3. The van der Waals surface area contributed by atoms with Gasteiger partial charge in [0.1, 0.15) is 12.6 Å². The third-order valence-corrected chi connectivity index (χ3v) is 9.97. The monoisotopic (exact) mass is 635 g/mol. The Morgan fingerprint density at radius 1 is 0.902 bits per heavy atom. The highest BCUT2D eigenvalue weighted by Gasteiger charge is 2.33. The van der Waals surface area contributed by atoms with Crippen molar-refractivity contribution in [3.8, 4) is 0 Å². The summed E-state index contributed by atoms with van der Waals surface area (Å²) in [7, 11) is -4.19. The van der Waals surface area contributed by atoms with Crippen LogP contribution in [0.4, 0.5) is 5.69 Å². The zero-order chi connectivity index (χ0) is 29.6. The molecule has 3 aromatic rings. The van der Waals surface area contributed by atoms with E-state index in [1.165, 1.54) is 35.2 Å². The molecule has 0 spiro atoms. The number of sulfonamides is 1. The van der Waals surface area contributed by atoms with Crippen molar-refractivity contribution in [3.63, 3.8) is 0 Å². The van der Waals surface area contributed by atoms with Crippen LogP contribution in [0.1, 0.15) is 44.6 Å². The van der Waals surface area contributed by atoms with Crippen molar-refractivity contribution in [3.05, 3.63) is 93.4 Å². The van der Waals surface area contributed by atoms with Crippen LogP contribution in [0, 0.1) is 0 Å². The average Bonchev–Trinajstić information content (AvgIpc) is 2.97. The van der Waals surface area contributed by atoms with E-state index in [-0.39, 0.29) is 39.1 Å². The van der Waals surface area contributed by atoms with Gasteiger partial charge in [0, 0.05) is 17.6 Å². The maximum absolute atomic E-state index is 14.0. The van der Waals surface area contributed by atoms with Gasteiger partial charge in [0.25, 0.3) is 10.0 Å². The summed E-state index contributed by atoms with van der Waals surface area (Å²) < 4.78 is 28.7. The van der Waals surface area contributed by atoms with Crippen molar-refractivity contribution in [1.82, 2.24) is 10.2 Å². The number of hydrogen-bond donors (Lipinski definition) is 1. The van der Waals surface area contributed by atoms with Gasteiger partial charge in [-0.2, -0.15) is 0 Å². The first-order valence-corrected chi connectivity index (χ1v) is 16.0. The smallest absolute Gasteiger partial charge is 0.264 e. The molecule has 1 aliphatic carbocycles. The number of amides is 2. The molecule has 1 fully saturated rings. The van der Waals surface area contributed by atoms with E-state index in [2.05, 4.69) is 5.32 Å². The van der Waals surface area contributed by atoms with Crippen LogP contribution in [-0.2, 0) is 26.2 Å². The van der Waals surface area contributed by atoms with E-state index >= 15 is 0 Å². The Morgan fingerprint density at radius 2 is 1.56 bits per heavy atom. The Kier molecular flexibility index (Phi) is 10.6. The van der Waals surface area contributed by atoms with Crippen LogP contribution < -0.4 is 9.62 Å². The highest BCUT2D eigenvalue weighted by atomic mass is 35.5. The number of benzene rings is 3. The van der Waals surface area contributed by atoms with Crippen LogP contribution in [0.5, 0.6) is 0 Å². The van der Waals surface area contributed by atoms with Gasteiger partial charge >= 0.3 is 0 Å². The van der Waals surface area contributed by atoms with Gasteiger partial charge in [0.2, 0.25) is 11.8 Å². The zero-order valence-corrected chi connectivity index (χ0v) is 25.7. The minimum atomic E-state index is -4.19. The first kappa shape index (κ1) is 31.2. The first-order chi connectivity index (χ1) is 19.6. The summed E-state index contributed by atoms with van der Waals surface area (Å²) in [6.07, 6.45) is 5.02. The van der Waals surface area contributed by atoms with Crippen molar-refractivity contribution in [2.45, 2.75) is 62.6 Å². The lowest BCUT2D eigenvalue weighted by molar-refractivity contribution is -0.139. The van der Waals surface area contributed by atoms with E-state index in [9.17, 15) is 18.0 Å². The molecule has 0 saturated heterocycles. The fraction of sp³-hybridized carbons (Fsp3) is 0.333.